The van der Waals surface area contributed by atoms with E-state index >= 15 is 0 Å². The lowest BCUT2D eigenvalue weighted by Gasteiger charge is -2.13. The van der Waals surface area contributed by atoms with Crippen molar-refractivity contribution in [3.63, 3.8) is 0 Å². The van der Waals surface area contributed by atoms with Crippen molar-refractivity contribution in [2.45, 2.75) is 13.3 Å². The maximum Gasteiger partial charge on any atom is 0.281 e. The standard InChI is InChI=1S/C24H26FN5O5/c1-5-9-28-23(31)22(30-26-2)24(32)29-14-6-7-19(16(25)11-14)35-18-8-10-27-17-13-21(34-4)20(33-3)12-15(17)18/h6-8,10-13,26H,5,9H2,1-4H3,(H,28,31)(H,29,32)/b30-22+. The Morgan fingerprint density at radius 2 is 1.74 bits per heavy atom. The molecule has 184 valence electrons. The fourth-order valence-electron chi connectivity index (χ4n) is 3.15. The molecule has 3 N–H and O–H groups in total. The topological polar surface area (TPSA) is 123 Å². The van der Waals surface area contributed by atoms with E-state index in [4.69, 9.17) is 14.2 Å². The van der Waals surface area contributed by atoms with E-state index in [1.54, 1.807) is 18.2 Å². The number of anilines is 1. The summed E-state index contributed by atoms with van der Waals surface area (Å²) in [4.78, 5) is 29.0. The van der Waals surface area contributed by atoms with Gasteiger partial charge in [-0.05, 0) is 30.7 Å². The molecule has 1 heterocycles. The molecule has 3 aromatic rings. The molecule has 0 bridgehead atoms. The Morgan fingerprint density at radius 3 is 2.40 bits per heavy atom. The number of aromatic nitrogens is 1. The smallest absolute Gasteiger partial charge is 0.281 e. The molecule has 0 aliphatic rings. The van der Waals surface area contributed by atoms with Crippen molar-refractivity contribution in [1.82, 2.24) is 15.7 Å². The minimum Gasteiger partial charge on any atom is -0.493 e. The quantitative estimate of drug-likeness (QED) is 0.230. The summed E-state index contributed by atoms with van der Waals surface area (Å²) in [6, 6.07) is 8.88. The van der Waals surface area contributed by atoms with Gasteiger partial charge < -0.3 is 30.3 Å². The first-order chi connectivity index (χ1) is 16.9. The number of hydrogen-bond donors (Lipinski definition) is 3. The van der Waals surface area contributed by atoms with Crippen LogP contribution in [0.15, 0.2) is 47.7 Å². The maximum atomic E-state index is 14.9. The number of fused-ring (bicyclic) bond motifs is 1. The average molecular weight is 484 g/mol. The van der Waals surface area contributed by atoms with Gasteiger partial charge in [-0.25, -0.2) is 4.39 Å². The van der Waals surface area contributed by atoms with Crippen LogP contribution in [0.2, 0.25) is 0 Å². The highest BCUT2D eigenvalue weighted by Crippen LogP contribution is 2.37. The van der Waals surface area contributed by atoms with Crippen LogP contribution < -0.4 is 30.3 Å². The van der Waals surface area contributed by atoms with Crippen LogP contribution in [0.5, 0.6) is 23.0 Å². The van der Waals surface area contributed by atoms with Gasteiger partial charge in [0.2, 0.25) is 5.71 Å². The lowest BCUT2D eigenvalue weighted by Crippen LogP contribution is -2.40. The molecular weight excluding hydrogens is 457 g/mol. The van der Waals surface area contributed by atoms with Crippen LogP contribution in [0.3, 0.4) is 0 Å². The third-order valence-corrected chi connectivity index (χ3v) is 4.81. The third kappa shape index (κ3) is 5.94. The van der Waals surface area contributed by atoms with Gasteiger partial charge in [0.25, 0.3) is 11.8 Å². The highest BCUT2D eigenvalue weighted by molar-refractivity contribution is 6.67. The highest BCUT2D eigenvalue weighted by Gasteiger charge is 2.21. The molecule has 0 fully saturated rings. The molecular formula is C24H26FN5O5. The van der Waals surface area contributed by atoms with E-state index in [2.05, 4.69) is 26.1 Å². The molecule has 0 atom stereocenters. The van der Waals surface area contributed by atoms with E-state index in [1.807, 2.05) is 6.92 Å². The van der Waals surface area contributed by atoms with Crippen molar-refractivity contribution < 1.29 is 28.2 Å². The predicted molar refractivity (Wildman–Crippen MR) is 130 cm³/mol. The number of hydrazone groups is 1. The molecule has 3 rings (SSSR count). The van der Waals surface area contributed by atoms with Gasteiger partial charge in [-0.15, -0.1) is 0 Å². The molecule has 2 amide bonds. The van der Waals surface area contributed by atoms with Crippen molar-refractivity contribution in [3.8, 4) is 23.0 Å². The van der Waals surface area contributed by atoms with E-state index < -0.39 is 17.6 Å². The zero-order chi connectivity index (χ0) is 25.4. The van der Waals surface area contributed by atoms with Crippen LogP contribution in [0.1, 0.15) is 13.3 Å². The van der Waals surface area contributed by atoms with Gasteiger partial charge >= 0.3 is 0 Å². The van der Waals surface area contributed by atoms with Crippen LogP contribution in [0, 0.1) is 5.82 Å². The second-order valence-electron chi connectivity index (χ2n) is 7.17. The van der Waals surface area contributed by atoms with Gasteiger partial charge in [0.1, 0.15) is 5.75 Å². The molecule has 0 aliphatic heterocycles. The number of hydrogen-bond acceptors (Lipinski definition) is 8. The number of benzene rings is 2. The first-order valence-corrected chi connectivity index (χ1v) is 10.7. The van der Waals surface area contributed by atoms with Crippen LogP contribution in [0.25, 0.3) is 10.9 Å². The minimum absolute atomic E-state index is 0.0740. The number of carbonyl (C=O) groups is 2. The lowest BCUT2D eigenvalue weighted by atomic mass is 10.1. The molecule has 35 heavy (non-hydrogen) atoms. The van der Waals surface area contributed by atoms with E-state index in [-0.39, 0.29) is 17.1 Å². The number of rotatable bonds is 10. The molecule has 0 saturated heterocycles. The van der Waals surface area contributed by atoms with Gasteiger partial charge in [0.15, 0.2) is 23.1 Å². The normalized spacial score (nSPS) is 11.1. The summed E-state index contributed by atoms with van der Waals surface area (Å²) in [7, 11) is 4.49. The Kier molecular flexibility index (Phi) is 8.38. The van der Waals surface area contributed by atoms with Crippen molar-refractivity contribution in [2.24, 2.45) is 5.10 Å². The lowest BCUT2D eigenvalue weighted by molar-refractivity contribution is -0.117. The fraction of sp³-hybridized carbons (Fsp3) is 0.250. The minimum atomic E-state index is -0.790. The largest absolute Gasteiger partial charge is 0.493 e. The molecule has 2 aromatic carbocycles. The van der Waals surface area contributed by atoms with E-state index in [0.29, 0.717) is 41.1 Å². The summed E-state index contributed by atoms with van der Waals surface area (Å²) >= 11 is 0. The van der Waals surface area contributed by atoms with Gasteiger partial charge in [-0.2, -0.15) is 5.10 Å². The molecule has 11 heteroatoms. The summed E-state index contributed by atoms with van der Waals surface area (Å²) in [5.41, 5.74) is 2.73. The molecule has 10 nitrogen and oxygen atoms in total. The van der Waals surface area contributed by atoms with E-state index in [9.17, 15) is 14.0 Å². The Balaban J connectivity index is 1.82. The second-order valence-corrected chi connectivity index (χ2v) is 7.17. The molecule has 0 aliphatic carbocycles. The summed E-state index contributed by atoms with van der Waals surface area (Å²) in [5.74, 6) is -0.912. The summed E-state index contributed by atoms with van der Waals surface area (Å²) in [6.45, 7) is 2.27. The Labute approximate surface area is 201 Å². The predicted octanol–water partition coefficient (Wildman–Crippen LogP) is 3.22. The Bertz CT molecular complexity index is 1260. The maximum absolute atomic E-state index is 14.9. The summed E-state index contributed by atoms with van der Waals surface area (Å²) in [6.07, 6.45) is 2.22. The van der Waals surface area contributed by atoms with Crippen molar-refractivity contribution in [3.05, 3.63) is 48.4 Å². The SMILES string of the molecule is CCCNC(=O)/C(=N\NC)C(=O)Nc1ccc(Oc2ccnc3cc(OC)c(OC)cc23)c(F)c1. The first kappa shape index (κ1) is 25.2. The van der Waals surface area contributed by atoms with Crippen LogP contribution in [0.4, 0.5) is 10.1 Å². The fourth-order valence-corrected chi connectivity index (χ4v) is 3.15. The van der Waals surface area contributed by atoms with E-state index in [0.717, 1.165) is 6.07 Å². The highest BCUT2D eigenvalue weighted by atomic mass is 19.1. The first-order valence-electron chi connectivity index (χ1n) is 10.7. The number of halogens is 1. The van der Waals surface area contributed by atoms with Crippen LogP contribution in [-0.4, -0.2) is 50.3 Å². The van der Waals surface area contributed by atoms with Crippen LogP contribution >= 0.6 is 0 Å². The molecule has 0 saturated carbocycles. The molecule has 1 aromatic heterocycles. The van der Waals surface area contributed by atoms with Gasteiger partial charge in [-0.3, -0.25) is 14.6 Å². The Hall–Kier alpha value is -4.41. The summed E-state index contributed by atoms with van der Waals surface area (Å²) < 4.78 is 31.3. The molecule has 0 spiro atoms. The monoisotopic (exact) mass is 483 g/mol. The second kappa shape index (κ2) is 11.6. The zero-order valence-corrected chi connectivity index (χ0v) is 19.8. The average Bonchev–Trinajstić information content (AvgIpc) is 2.86. The van der Waals surface area contributed by atoms with Crippen LogP contribution in [-0.2, 0) is 9.59 Å². The number of ether oxygens (including phenoxy) is 3. The third-order valence-electron chi connectivity index (χ3n) is 4.81. The van der Waals surface area contributed by atoms with E-state index in [1.165, 1.54) is 39.6 Å². The number of nitrogens with one attached hydrogen (secondary N) is 3. The van der Waals surface area contributed by atoms with Gasteiger partial charge in [0, 0.05) is 43.0 Å². The Morgan fingerprint density at radius 1 is 1.00 bits per heavy atom. The molecule has 0 unspecified atom stereocenters. The summed E-state index contributed by atoms with van der Waals surface area (Å²) in [5, 5.41) is 9.36. The number of carbonyl (C=O) groups excluding carboxylic acids is 2. The number of amides is 2. The number of methoxy groups -OCH3 is 2. The number of pyridine rings is 1. The molecule has 0 radical (unpaired) electrons. The zero-order valence-electron chi connectivity index (χ0n) is 19.8. The van der Waals surface area contributed by atoms with Gasteiger partial charge in [0.05, 0.1) is 19.7 Å². The van der Waals surface area contributed by atoms with Crippen molar-refractivity contribution in [2.75, 3.05) is 33.1 Å². The van der Waals surface area contributed by atoms with Crippen molar-refractivity contribution >= 4 is 34.1 Å². The van der Waals surface area contributed by atoms with Gasteiger partial charge in [-0.1, -0.05) is 6.92 Å². The van der Waals surface area contributed by atoms with Crippen molar-refractivity contribution in [1.29, 1.82) is 0 Å². The number of nitrogens with zero attached hydrogens (tertiary/aromatic N) is 2.